The van der Waals surface area contributed by atoms with Gasteiger partial charge in [0.15, 0.2) is 5.84 Å². The molecule has 1 aromatic carbocycles. The Hall–Kier alpha value is -2.04. The number of amidine groups is 1. The Morgan fingerprint density at radius 1 is 1.40 bits per heavy atom. The summed E-state index contributed by atoms with van der Waals surface area (Å²) in [5.74, 6) is 0.291. The molecule has 4 N–H and O–H groups in total. The lowest BCUT2D eigenvalue weighted by atomic mass is 9.81. The molecule has 5 heteroatoms. The molecule has 0 aromatic heterocycles. The van der Waals surface area contributed by atoms with Crippen LogP contribution in [0, 0.1) is 11.3 Å². The lowest BCUT2D eigenvalue weighted by Crippen LogP contribution is -2.37. The van der Waals surface area contributed by atoms with Crippen LogP contribution in [0.15, 0.2) is 29.4 Å². The van der Waals surface area contributed by atoms with Crippen LogP contribution in [0.4, 0.5) is 0 Å². The summed E-state index contributed by atoms with van der Waals surface area (Å²) < 4.78 is 0. The van der Waals surface area contributed by atoms with E-state index in [9.17, 15) is 4.79 Å². The molecule has 1 aromatic rings. The van der Waals surface area contributed by atoms with E-state index < -0.39 is 0 Å². The van der Waals surface area contributed by atoms with Gasteiger partial charge < -0.3 is 16.3 Å². The summed E-state index contributed by atoms with van der Waals surface area (Å²) >= 11 is 0. The predicted octanol–water partition coefficient (Wildman–Crippen LogP) is 2.19. The van der Waals surface area contributed by atoms with Crippen LogP contribution in [-0.4, -0.2) is 23.5 Å². The first-order valence-electron chi connectivity index (χ1n) is 6.64. The van der Waals surface area contributed by atoms with Crippen LogP contribution in [0.3, 0.4) is 0 Å². The van der Waals surface area contributed by atoms with Crippen LogP contribution in [0.1, 0.15) is 43.6 Å². The molecule has 0 saturated heterocycles. The van der Waals surface area contributed by atoms with Gasteiger partial charge in [-0.25, -0.2) is 0 Å². The molecule has 0 atom stereocenters. The smallest absolute Gasteiger partial charge is 0.251 e. The highest BCUT2D eigenvalue weighted by atomic mass is 16.4. The quantitative estimate of drug-likeness (QED) is 0.334. The van der Waals surface area contributed by atoms with Gasteiger partial charge in [0.05, 0.1) is 0 Å². The fraction of sp³-hybridized carbons (Fsp3) is 0.467. The van der Waals surface area contributed by atoms with Crippen LogP contribution < -0.4 is 11.1 Å². The van der Waals surface area contributed by atoms with E-state index in [2.05, 4.69) is 38.2 Å². The number of amides is 1. The van der Waals surface area contributed by atoms with Crippen molar-refractivity contribution in [2.45, 2.75) is 27.7 Å². The van der Waals surface area contributed by atoms with Crippen molar-refractivity contribution >= 4 is 11.7 Å². The maximum Gasteiger partial charge on any atom is 0.251 e. The highest BCUT2D eigenvalue weighted by Crippen LogP contribution is 2.24. The normalized spacial score (nSPS) is 12.6. The van der Waals surface area contributed by atoms with Crippen LogP contribution in [0.2, 0.25) is 0 Å². The summed E-state index contributed by atoms with van der Waals surface area (Å²) in [6, 6.07) is 6.69. The molecule has 20 heavy (non-hydrogen) atoms. The van der Waals surface area contributed by atoms with Gasteiger partial charge in [-0.05, 0) is 23.5 Å². The highest BCUT2D eigenvalue weighted by Gasteiger charge is 2.23. The molecule has 1 amide bonds. The zero-order valence-electron chi connectivity index (χ0n) is 12.5. The van der Waals surface area contributed by atoms with Crippen molar-refractivity contribution in [3.63, 3.8) is 0 Å². The second-order valence-corrected chi connectivity index (χ2v) is 5.89. The minimum absolute atomic E-state index is 0.0119. The molecule has 0 aliphatic rings. The Morgan fingerprint density at radius 2 is 2.00 bits per heavy atom. The van der Waals surface area contributed by atoms with Crippen molar-refractivity contribution in [3.8, 4) is 0 Å². The van der Waals surface area contributed by atoms with Crippen LogP contribution in [0.5, 0.6) is 0 Å². The summed E-state index contributed by atoms with van der Waals surface area (Å²) in [6.45, 7) is 9.09. The Balaban J connectivity index is 2.79. The average molecular weight is 277 g/mol. The molecule has 0 fully saturated rings. The second kappa shape index (κ2) is 6.41. The first-order chi connectivity index (χ1) is 9.27. The first-order valence-corrected chi connectivity index (χ1v) is 6.64. The average Bonchev–Trinajstić information content (AvgIpc) is 2.43. The molecule has 0 bridgehead atoms. The predicted molar refractivity (Wildman–Crippen MR) is 79.9 cm³/mol. The van der Waals surface area contributed by atoms with Crippen LogP contribution >= 0.6 is 0 Å². The van der Waals surface area contributed by atoms with Crippen molar-refractivity contribution in [3.05, 3.63) is 35.4 Å². The molecule has 110 valence electrons. The van der Waals surface area contributed by atoms with E-state index in [1.54, 1.807) is 24.3 Å². The summed E-state index contributed by atoms with van der Waals surface area (Å²) in [5.41, 5.74) is 6.55. The number of rotatable bonds is 5. The van der Waals surface area contributed by atoms with E-state index in [1.165, 1.54) is 0 Å². The SMILES string of the molecule is CC(C)C(C)(C)CNC(=O)c1cccc(/C(N)=N/O)c1. The molecule has 1 rings (SSSR count). The Kier molecular flexibility index (Phi) is 5.13. The number of carbonyl (C=O) groups is 1. The standard InChI is InChI=1S/C15H23N3O2/c1-10(2)15(3,4)9-17-14(19)12-7-5-6-11(8-12)13(16)18-20/h5-8,10,20H,9H2,1-4H3,(H2,16,18)(H,17,19). The number of benzene rings is 1. The summed E-state index contributed by atoms with van der Waals surface area (Å²) in [7, 11) is 0. The van der Waals surface area contributed by atoms with Gasteiger partial charge in [-0.3, -0.25) is 4.79 Å². The number of oxime groups is 1. The van der Waals surface area contributed by atoms with Crippen molar-refractivity contribution in [2.75, 3.05) is 6.54 Å². The molecule has 0 radical (unpaired) electrons. The third-order valence-electron chi connectivity index (χ3n) is 3.80. The maximum absolute atomic E-state index is 12.1. The molecule has 0 heterocycles. The van der Waals surface area contributed by atoms with E-state index in [0.29, 0.717) is 23.6 Å². The van der Waals surface area contributed by atoms with Crippen LogP contribution in [-0.2, 0) is 0 Å². The fourth-order valence-corrected chi connectivity index (χ4v) is 1.49. The molecule has 0 spiro atoms. The summed E-state index contributed by atoms with van der Waals surface area (Å²) in [5, 5.41) is 14.5. The van der Waals surface area contributed by atoms with Gasteiger partial charge in [0.25, 0.3) is 5.91 Å². The van der Waals surface area contributed by atoms with Crippen molar-refractivity contribution in [1.29, 1.82) is 0 Å². The largest absolute Gasteiger partial charge is 0.409 e. The molecule has 0 saturated carbocycles. The minimum Gasteiger partial charge on any atom is -0.409 e. The zero-order chi connectivity index (χ0) is 15.3. The molecular formula is C15H23N3O2. The van der Waals surface area contributed by atoms with E-state index in [-0.39, 0.29) is 17.2 Å². The van der Waals surface area contributed by atoms with Gasteiger partial charge in [-0.15, -0.1) is 0 Å². The Morgan fingerprint density at radius 3 is 2.55 bits per heavy atom. The number of hydrogen-bond donors (Lipinski definition) is 3. The number of hydrogen-bond acceptors (Lipinski definition) is 3. The van der Waals surface area contributed by atoms with Crippen molar-refractivity contribution < 1.29 is 10.0 Å². The summed E-state index contributed by atoms with van der Waals surface area (Å²) in [4.78, 5) is 12.1. The maximum atomic E-state index is 12.1. The fourth-order valence-electron chi connectivity index (χ4n) is 1.49. The molecular weight excluding hydrogens is 254 g/mol. The molecule has 0 aliphatic heterocycles. The number of carbonyl (C=O) groups excluding carboxylic acids is 1. The Labute approximate surface area is 119 Å². The summed E-state index contributed by atoms with van der Waals surface area (Å²) in [6.07, 6.45) is 0. The lowest BCUT2D eigenvalue weighted by Gasteiger charge is -2.29. The van der Waals surface area contributed by atoms with Crippen LogP contribution in [0.25, 0.3) is 0 Å². The molecule has 0 unspecified atom stereocenters. The monoisotopic (exact) mass is 277 g/mol. The van der Waals surface area contributed by atoms with Gasteiger partial charge in [-0.2, -0.15) is 0 Å². The topological polar surface area (TPSA) is 87.7 Å². The van der Waals surface area contributed by atoms with Gasteiger partial charge >= 0.3 is 0 Å². The minimum atomic E-state index is -0.161. The van der Waals surface area contributed by atoms with Gasteiger partial charge in [0.2, 0.25) is 0 Å². The zero-order valence-corrected chi connectivity index (χ0v) is 12.5. The van der Waals surface area contributed by atoms with Gasteiger partial charge in [0.1, 0.15) is 0 Å². The van der Waals surface area contributed by atoms with Gasteiger partial charge in [-0.1, -0.05) is 45.0 Å². The second-order valence-electron chi connectivity index (χ2n) is 5.89. The third-order valence-corrected chi connectivity index (χ3v) is 3.80. The van der Waals surface area contributed by atoms with E-state index in [0.717, 1.165) is 0 Å². The van der Waals surface area contributed by atoms with E-state index >= 15 is 0 Å². The third kappa shape index (κ3) is 3.98. The van der Waals surface area contributed by atoms with Crippen molar-refractivity contribution in [2.24, 2.45) is 22.2 Å². The lowest BCUT2D eigenvalue weighted by molar-refractivity contribution is 0.0925. The highest BCUT2D eigenvalue weighted by molar-refractivity contribution is 6.01. The number of nitrogens with one attached hydrogen (secondary N) is 1. The van der Waals surface area contributed by atoms with E-state index in [4.69, 9.17) is 10.9 Å². The number of nitrogens with zero attached hydrogens (tertiary/aromatic N) is 1. The van der Waals surface area contributed by atoms with E-state index in [1.807, 2.05) is 0 Å². The molecule has 0 aliphatic carbocycles. The molecule has 5 nitrogen and oxygen atoms in total. The van der Waals surface area contributed by atoms with Gasteiger partial charge in [0, 0.05) is 17.7 Å². The number of nitrogens with two attached hydrogens (primary N) is 1. The Bertz CT molecular complexity index is 508. The van der Waals surface area contributed by atoms with Crippen molar-refractivity contribution in [1.82, 2.24) is 5.32 Å². The first kappa shape index (κ1) is 16.0.